The summed E-state index contributed by atoms with van der Waals surface area (Å²) in [6, 6.07) is 0.303. The number of carbonyl (C=O) groups is 1. The van der Waals surface area contributed by atoms with Gasteiger partial charge in [-0.1, -0.05) is 25.7 Å². The van der Waals surface area contributed by atoms with Gasteiger partial charge in [-0.3, -0.25) is 4.79 Å². The average molecular weight is 276 g/mol. The summed E-state index contributed by atoms with van der Waals surface area (Å²) in [7, 11) is -2.95. The van der Waals surface area contributed by atoms with Crippen molar-refractivity contribution in [1.82, 2.24) is 10.6 Å². The quantitative estimate of drug-likeness (QED) is 0.546. The van der Waals surface area contributed by atoms with Crippen LogP contribution >= 0.6 is 0 Å². The molecule has 18 heavy (non-hydrogen) atoms. The summed E-state index contributed by atoms with van der Waals surface area (Å²) < 4.78 is 21.8. The molecule has 0 aliphatic heterocycles. The second-order valence-corrected chi connectivity index (χ2v) is 7.32. The number of carbonyl (C=O) groups excluding carboxylic acids is 1. The van der Waals surface area contributed by atoms with Crippen molar-refractivity contribution in [3.8, 4) is 0 Å². The zero-order valence-corrected chi connectivity index (χ0v) is 11.9. The summed E-state index contributed by atoms with van der Waals surface area (Å²) in [6.45, 7) is 0.531. The summed E-state index contributed by atoms with van der Waals surface area (Å²) in [5, 5.41) is 5.86. The van der Waals surface area contributed by atoms with E-state index in [1.54, 1.807) is 0 Å². The highest BCUT2D eigenvalue weighted by Crippen LogP contribution is 2.16. The van der Waals surface area contributed by atoms with Crippen molar-refractivity contribution in [2.75, 3.05) is 25.1 Å². The minimum absolute atomic E-state index is 0.0320. The maximum atomic E-state index is 11.6. The molecule has 1 aliphatic rings. The number of sulfone groups is 1. The lowest BCUT2D eigenvalue weighted by molar-refractivity contribution is -0.121. The zero-order chi connectivity index (χ0) is 13.4. The van der Waals surface area contributed by atoms with E-state index in [1.807, 2.05) is 0 Å². The third kappa shape index (κ3) is 7.66. The van der Waals surface area contributed by atoms with Crippen LogP contribution in [0.4, 0.5) is 0 Å². The SMILES string of the molecule is CS(=O)(=O)CCNCC(=O)NC1CCCCCC1. The molecule has 5 nitrogen and oxygen atoms in total. The molecular weight excluding hydrogens is 252 g/mol. The molecule has 0 spiro atoms. The van der Waals surface area contributed by atoms with E-state index in [0.717, 1.165) is 12.8 Å². The molecule has 0 bridgehead atoms. The molecule has 1 rings (SSSR count). The molecule has 0 heterocycles. The molecule has 1 aliphatic carbocycles. The van der Waals surface area contributed by atoms with Gasteiger partial charge in [-0.15, -0.1) is 0 Å². The van der Waals surface area contributed by atoms with Gasteiger partial charge >= 0.3 is 0 Å². The van der Waals surface area contributed by atoms with Crippen LogP contribution in [-0.4, -0.2) is 45.5 Å². The highest BCUT2D eigenvalue weighted by Gasteiger charge is 2.14. The van der Waals surface area contributed by atoms with E-state index in [4.69, 9.17) is 0 Å². The van der Waals surface area contributed by atoms with Gasteiger partial charge < -0.3 is 10.6 Å². The van der Waals surface area contributed by atoms with Gasteiger partial charge in [-0.2, -0.15) is 0 Å². The topological polar surface area (TPSA) is 75.3 Å². The molecule has 6 heteroatoms. The fourth-order valence-corrected chi connectivity index (χ4v) is 2.68. The smallest absolute Gasteiger partial charge is 0.234 e. The van der Waals surface area contributed by atoms with Gasteiger partial charge in [0.25, 0.3) is 0 Å². The minimum Gasteiger partial charge on any atom is -0.352 e. The van der Waals surface area contributed by atoms with E-state index in [2.05, 4.69) is 10.6 Å². The molecule has 0 aromatic heterocycles. The van der Waals surface area contributed by atoms with Crippen LogP contribution in [0.1, 0.15) is 38.5 Å². The second-order valence-electron chi connectivity index (χ2n) is 5.06. The third-order valence-corrected chi connectivity index (χ3v) is 4.10. The minimum atomic E-state index is -2.95. The predicted octanol–water partition coefficient (Wildman–Crippen LogP) is 0.460. The Kier molecular flexibility index (Phi) is 6.63. The van der Waals surface area contributed by atoms with Crippen molar-refractivity contribution < 1.29 is 13.2 Å². The van der Waals surface area contributed by atoms with Gasteiger partial charge in [-0.25, -0.2) is 8.42 Å². The average Bonchev–Trinajstić information content (AvgIpc) is 2.52. The molecule has 0 aromatic rings. The van der Waals surface area contributed by atoms with Crippen LogP contribution in [-0.2, 0) is 14.6 Å². The van der Waals surface area contributed by atoms with Crippen LogP contribution in [0.15, 0.2) is 0 Å². The Labute approximate surface area is 110 Å². The number of rotatable bonds is 6. The Morgan fingerprint density at radius 3 is 2.33 bits per heavy atom. The van der Waals surface area contributed by atoms with Crippen molar-refractivity contribution in [2.24, 2.45) is 0 Å². The molecule has 0 aromatic carbocycles. The van der Waals surface area contributed by atoms with Crippen molar-refractivity contribution in [3.63, 3.8) is 0 Å². The number of nitrogens with one attached hydrogen (secondary N) is 2. The first kappa shape index (κ1) is 15.4. The summed E-state index contributed by atoms with van der Waals surface area (Å²) in [5.41, 5.74) is 0. The van der Waals surface area contributed by atoms with Gasteiger partial charge in [0.1, 0.15) is 9.84 Å². The monoisotopic (exact) mass is 276 g/mol. The lowest BCUT2D eigenvalue weighted by Gasteiger charge is -2.16. The van der Waals surface area contributed by atoms with Crippen LogP contribution < -0.4 is 10.6 Å². The van der Waals surface area contributed by atoms with Crippen LogP contribution in [0.25, 0.3) is 0 Å². The third-order valence-electron chi connectivity index (χ3n) is 3.16. The first-order valence-electron chi connectivity index (χ1n) is 6.65. The number of amides is 1. The molecule has 0 radical (unpaired) electrons. The fourth-order valence-electron chi connectivity index (χ4n) is 2.16. The Bertz CT molecular complexity index is 346. The summed E-state index contributed by atoms with van der Waals surface area (Å²) in [4.78, 5) is 11.6. The Morgan fingerprint density at radius 1 is 1.17 bits per heavy atom. The van der Waals surface area contributed by atoms with Gasteiger partial charge in [0.05, 0.1) is 12.3 Å². The van der Waals surface area contributed by atoms with E-state index in [1.165, 1.54) is 31.9 Å². The van der Waals surface area contributed by atoms with E-state index in [0.29, 0.717) is 12.6 Å². The van der Waals surface area contributed by atoms with Crippen LogP contribution in [0, 0.1) is 0 Å². The molecule has 0 unspecified atom stereocenters. The maximum absolute atomic E-state index is 11.6. The molecule has 0 atom stereocenters. The Hall–Kier alpha value is -0.620. The summed E-state index contributed by atoms with van der Waals surface area (Å²) in [5.74, 6) is 0.0411. The zero-order valence-electron chi connectivity index (χ0n) is 11.1. The molecule has 1 fully saturated rings. The largest absolute Gasteiger partial charge is 0.352 e. The molecule has 106 valence electrons. The Balaban J connectivity index is 2.13. The molecule has 1 saturated carbocycles. The van der Waals surface area contributed by atoms with Crippen molar-refractivity contribution >= 4 is 15.7 Å². The second kappa shape index (κ2) is 7.74. The maximum Gasteiger partial charge on any atom is 0.234 e. The van der Waals surface area contributed by atoms with Crippen LogP contribution in [0.5, 0.6) is 0 Å². The van der Waals surface area contributed by atoms with Crippen LogP contribution in [0.3, 0.4) is 0 Å². The number of hydrogen-bond acceptors (Lipinski definition) is 4. The first-order valence-corrected chi connectivity index (χ1v) is 8.71. The Morgan fingerprint density at radius 2 is 1.78 bits per heavy atom. The lowest BCUT2D eigenvalue weighted by Crippen LogP contribution is -2.41. The van der Waals surface area contributed by atoms with Gasteiger partial charge in [0.15, 0.2) is 0 Å². The summed E-state index contributed by atoms with van der Waals surface area (Å²) in [6.07, 6.45) is 8.22. The van der Waals surface area contributed by atoms with Crippen molar-refractivity contribution in [3.05, 3.63) is 0 Å². The van der Waals surface area contributed by atoms with Crippen molar-refractivity contribution in [1.29, 1.82) is 0 Å². The van der Waals surface area contributed by atoms with E-state index >= 15 is 0 Å². The highest BCUT2D eigenvalue weighted by atomic mass is 32.2. The molecular formula is C12H24N2O3S. The van der Waals surface area contributed by atoms with E-state index in [9.17, 15) is 13.2 Å². The predicted molar refractivity (Wildman–Crippen MR) is 72.2 cm³/mol. The standard InChI is InChI=1S/C12H24N2O3S/c1-18(16,17)9-8-13-10-12(15)14-11-6-4-2-3-5-7-11/h11,13H,2-10H2,1H3,(H,14,15). The van der Waals surface area contributed by atoms with E-state index < -0.39 is 9.84 Å². The molecule has 2 N–H and O–H groups in total. The highest BCUT2D eigenvalue weighted by molar-refractivity contribution is 7.90. The van der Waals surface area contributed by atoms with Crippen LogP contribution in [0.2, 0.25) is 0 Å². The lowest BCUT2D eigenvalue weighted by atomic mass is 10.1. The normalized spacial score (nSPS) is 18.3. The molecule has 0 saturated heterocycles. The van der Waals surface area contributed by atoms with Gasteiger partial charge in [-0.05, 0) is 12.8 Å². The van der Waals surface area contributed by atoms with Gasteiger partial charge in [0.2, 0.25) is 5.91 Å². The van der Waals surface area contributed by atoms with Gasteiger partial charge in [0, 0.05) is 18.8 Å². The van der Waals surface area contributed by atoms with Crippen molar-refractivity contribution in [2.45, 2.75) is 44.6 Å². The summed E-state index contributed by atoms with van der Waals surface area (Å²) >= 11 is 0. The molecule has 1 amide bonds. The fraction of sp³-hybridized carbons (Fsp3) is 0.917. The number of hydrogen-bond donors (Lipinski definition) is 2. The first-order chi connectivity index (χ1) is 8.47. The van der Waals surface area contributed by atoms with E-state index in [-0.39, 0.29) is 18.2 Å².